The zero-order chi connectivity index (χ0) is 10.7. The van der Waals surface area contributed by atoms with Crippen LogP contribution in [0, 0.1) is 11.8 Å². The standard InChI is InChI=1S/C11H19N3S/c1-8(9-2-3-9)5-13-6-10-7-15-11(4-12)14-10/h7-9,13H,2-6,12H2,1H3. The maximum atomic E-state index is 5.52. The maximum Gasteiger partial charge on any atom is 0.106 e. The Morgan fingerprint density at radius 2 is 2.47 bits per heavy atom. The lowest BCUT2D eigenvalue weighted by Gasteiger charge is -2.09. The molecular weight excluding hydrogens is 206 g/mol. The molecule has 1 unspecified atom stereocenters. The molecule has 15 heavy (non-hydrogen) atoms. The van der Waals surface area contributed by atoms with Crippen LogP contribution in [0.15, 0.2) is 5.38 Å². The molecule has 1 saturated carbocycles. The Morgan fingerprint density at radius 3 is 3.07 bits per heavy atom. The summed E-state index contributed by atoms with van der Waals surface area (Å²) in [5.74, 6) is 1.80. The first-order chi connectivity index (χ1) is 7.29. The summed E-state index contributed by atoms with van der Waals surface area (Å²) in [5, 5.41) is 6.59. The van der Waals surface area contributed by atoms with Crippen molar-refractivity contribution in [1.82, 2.24) is 10.3 Å². The molecule has 2 rings (SSSR count). The number of hydrogen-bond donors (Lipinski definition) is 2. The molecule has 1 aromatic rings. The SMILES string of the molecule is CC(CNCc1csc(CN)n1)C1CC1. The average molecular weight is 225 g/mol. The van der Waals surface area contributed by atoms with E-state index in [0.717, 1.165) is 35.6 Å². The Morgan fingerprint density at radius 1 is 1.67 bits per heavy atom. The highest BCUT2D eigenvalue weighted by atomic mass is 32.1. The Kier molecular flexibility index (Phi) is 3.72. The zero-order valence-corrected chi connectivity index (χ0v) is 10.0. The molecule has 1 fully saturated rings. The molecule has 3 N–H and O–H groups in total. The molecule has 0 aliphatic heterocycles. The maximum absolute atomic E-state index is 5.52. The predicted molar refractivity (Wildman–Crippen MR) is 63.6 cm³/mol. The molecule has 1 aromatic heterocycles. The second-order valence-electron chi connectivity index (χ2n) is 4.38. The number of nitrogens with two attached hydrogens (primary N) is 1. The first-order valence-corrected chi connectivity index (χ1v) is 6.51. The van der Waals surface area contributed by atoms with Crippen LogP contribution < -0.4 is 11.1 Å². The fourth-order valence-electron chi connectivity index (χ4n) is 1.78. The molecule has 4 heteroatoms. The van der Waals surface area contributed by atoms with Crippen LogP contribution in [0.2, 0.25) is 0 Å². The van der Waals surface area contributed by atoms with Crippen molar-refractivity contribution in [2.24, 2.45) is 17.6 Å². The second kappa shape index (κ2) is 5.05. The van der Waals surface area contributed by atoms with Gasteiger partial charge in [0.2, 0.25) is 0 Å². The molecular formula is C11H19N3S. The van der Waals surface area contributed by atoms with E-state index in [-0.39, 0.29) is 0 Å². The van der Waals surface area contributed by atoms with Crippen molar-refractivity contribution in [1.29, 1.82) is 0 Å². The van der Waals surface area contributed by atoms with Gasteiger partial charge < -0.3 is 11.1 Å². The Hall–Kier alpha value is -0.450. The van der Waals surface area contributed by atoms with Crippen LogP contribution >= 0.6 is 11.3 Å². The Balaban J connectivity index is 1.68. The topological polar surface area (TPSA) is 50.9 Å². The van der Waals surface area contributed by atoms with Crippen molar-refractivity contribution in [3.63, 3.8) is 0 Å². The van der Waals surface area contributed by atoms with E-state index < -0.39 is 0 Å². The lowest BCUT2D eigenvalue weighted by Crippen LogP contribution is -2.22. The summed E-state index contributed by atoms with van der Waals surface area (Å²) in [4.78, 5) is 4.42. The fourth-order valence-corrected chi connectivity index (χ4v) is 2.46. The van der Waals surface area contributed by atoms with Gasteiger partial charge >= 0.3 is 0 Å². The third-order valence-corrected chi connectivity index (χ3v) is 3.89. The van der Waals surface area contributed by atoms with Crippen LogP contribution in [-0.2, 0) is 13.1 Å². The van der Waals surface area contributed by atoms with Gasteiger partial charge in [0, 0.05) is 18.5 Å². The van der Waals surface area contributed by atoms with Crippen molar-refractivity contribution in [2.75, 3.05) is 6.54 Å². The summed E-state index contributed by atoms with van der Waals surface area (Å²) in [6, 6.07) is 0. The molecule has 0 bridgehead atoms. The van der Waals surface area contributed by atoms with Crippen molar-refractivity contribution < 1.29 is 0 Å². The predicted octanol–water partition coefficient (Wildman–Crippen LogP) is 1.74. The first-order valence-electron chi connectivity index (χ1n) is 5.63. The van der Waals surface area contributed by atoms with Gasteiger partial charge in [-0.3, -0.25) is 0 Å². The number of hydrogen-bond acceptors (Lipinski definition) is 4. The quantitative estimate of drug-likeness (QED) is 0.775. The average Bonchev–Trinajstić information content (AvgIpc) is 2.99. The van der Waals surface area contributed by atoms with E-state index in [1.54, 1.807) is 11.3 Å². The monoisotopic (exact) mass is 225 g/mol. The molecule has 0 amide bonds. The van der Waals surface area contributed by atoms with Crippen LogP contribution in [0.5, 0.6) is 0 Å². The molecule has 3 nitrogen and oxygen atoms in total. The van der Waals surface area contributed by atoms with Gasteiger partial charge in [-0.2, -0.15) is 0 Å². The van der Waals surface area contributed by atoms with Gasteiger partial charge in [-0.25, -0.2) is 4.98 Å². The van der Waals surface area contributed by atoms with E-state index >= 15 is 0 Å². The normalized spacial score (nSPS) is 18.0. The van der Waals surface area contributed by atoms with Gasteiger partial charge in [0.15, 0.2) is 0 Å². The smallest absolute Gasteiger partial charge is 0.106 e. The highest BCUT2D eigenvalue weighted by Gasteiger charge is 2.27. The summed E-state index contributed by atoms with van der Waals surface area (Å²) in [6.45, 7) is 4.88. The summed E-state index contributed by atoms with van der Waals surface area (Å²) in [5.41, 5.74) is 6.64. The third-order valence-electron chi connectivity index (χ3n) is 2.97. The van der Waals surface area contributed by atoms with Crippen LogP contribution in [0.25, 0.3) is 0 Å². The van der Waals surface area contributed by atoms with Gasteiger partial charge in [0.25, 0.3) is 0 Å². The molecule has 0 radical (unpaired) electrons. The van der Waals surface area contributed by atoms with Gasteiger partial charge in [0.1, 0.15) is 5.01 Å². The van der Waals surface area contributed by atoms with Crippen molar-refractivity contribution >= 4 is 11.3 Å². The van der Waals surface area contributed by atoms with Crippen LogP contribution in [-0.4, -0.2) is 11.5 Å². The minimum atomic E-state index is 0.559. The molecule has 84 valence electrons. The minimum absolute atomic E-state index is 0.559. The van der Waals surface area contributed by atoms with E-state index in [0.29, 0.717) is 6.54 Å². The largest absolute Gasteiger partial charge is 0.325 e. The molecule has 1 aliphatic rings. The number of aromatic nitrogens is 1. The number of rotatable bonds is 6. The number of nitrogens with zero attached hydrogens (tertiary/aromatic N) is 1. The molecule has 0 spiro atoms. The molecule has 1 aliphatic carbocycles. The third kappa shape index (κ3) is 3.26. The van der Waals surface area contributed by atoms with Crippen LogP contribution in [0.3, 0.4) is 0 Å². The summed E-state index contributed by atoms with van der Waals surface area (Å²) < 4.78 is 0. The lowest BCUT2D eigenvalue weighted by atomic mass is 10.1. The van der Waals surface area contributed by atoms with Crippen molar-refractivity contribution in [2.45, 2.75) is 32.9 Å². The van der Waals surface area contributed by atoms with E-state index in [1.807, 2.05) is 0 Å². The van der Waals surface area contributed by atoms with Crippen LogP contribution in [0.4, 0.5) is 0 Å². The summed E-state index contributed by atoms with van der Waals surface area (Å²) in [6.07, 6.45) is 2.85. The van der Waals surface area contributed by atoms with E-state index in [4.69, 9.17) is 5.73 Å². The van der Waals surface area contributed by atoms with Gasteiger partial charge in [0.05, 0.1) is 5.69 Å². The Bertz CT molecular complexity index is 307. The number of thiazole rings is 1. The molecule has 1 atom stereocenters. The van der Waals surface area contributed by atoms with Gasteiger partial charge in [-0.15, -0.1) is 11.3 Å². The highest BCUT2D eigenvalue weighted by Crippen LogP contribution is 2.36. The van der Waals surface area contributed by atoms with E-state index in [2.05, 4.69) is 22.6 Å². The van der Waals surface area contributed by atoms with Crippen LogP contribution in [0.1, 0.15) is 30.5 Å². The second-order valence-corrected chi connectivity index (χ2v) is 5.32. The summed E-state index contributed by atoms with van der Waals surface area (Å²) in [7, 11) is 0. The molecule has 0 aromatic carbocycles. The molecule has 0 saturated heterocycles. The number of nitrogens with one attached hydrogen (secondary N) is 1. The lowest BCUT2D eigenvalue weighted by molar-refractivity contribution is 0.460. The highest BCUT2D eigenvalue weighted by molar-refractivity contribution is 7.09. The van der Waals surface area contributed by atoms with Crippen molar-refractivity contribution in [3.8, 4) is 0 Å². The van der Waals surface area contributed by atoms with Crippen molar-refractivity contribution in [3.05, 3.63) is 16.1 Å². The van der Waals surface area contributed by atoms with Gasteiger partial charge in [-0.1, -0.05) is 6.92 Å². The zero-order valence-electron chi connectivity index (χ0n) is 9.20. The molecule has 1 heterocycles. The van der Waals surface area contributed by atoms with Gasteiger partial charge in [-0.05, 0) is 31.2 Å². The van der Waals surface area contributed by atoms with E-state index in [9.17, 15) is 0 Å². The summed E-state index contributed by atoms with van der Waals surface area (Å²) >= 11 is 1.65. The fraction of sp³-hybridized carbons (Fsp3) is 0.727. The Labute approximate surface area is 95.1 Å². The van der Waals surface area contributed by atoms with E-state index in [1.165, 1.54) is 12.8 Å². The minimum Gasteiger partial charge on any atom is -0.325 e. The first kappa shape index (κ1) is 11.0.